The highest BCUT2D eigenvalue weighted by atomic mass is 32.2. The van der Waals surface area contributed by atoms with E-state index in [1.807, 2.05) is 30.0 Å². The van der Waals surface area contributed by atoms with Gasteiger partial charge in [-0.25, -0.2) is 0 Å². The standard InChI is InChI=1S/C21H20O2S/c1-15(17-10-9-16-6-4-12-24-21(16)14-17)8-11-20(22)18-5-3-7-19(13-18)23-2/h3,5,7,13-14H,1,4,6,8,11-12H2,2H3. The summed E-state index contributed by atoms with van der Waals surface area (Å²) in [4.78, 5) is 13.6. The van der Waals surface area contributed by atoms with Gasteiger partial charge in [-0.05, 0) is 48.8 Å². The number of thioether (sulfide) groups is 1. The van der Waals surface area contributed by atoms with Gasteiger partial charge in [-0.2, -0.15) is 0 Å². The SMILES string of the molecule is C=C(CCC(=O)c1cccc(OC)c1)c1c#cc2c(c1)SCCC2. The van der Waals surface area contributed by atoms with Gasteiger partial charge in [0.1, 0.15) is 5.75 Å². The van der Waals surface area contributed by atoms with Crippen molar-refractivity contribution in [3.63, 3.8) is 0 Å². The largest absolute Gasteiger partial charge is 0.497 e. The molecule has 0 radical (unpaired) electrons. The first-order valence-corrected chi connectivity index (χ1v) is 9.11. The Morgan fingerprint density at radius 1 is 1.29 bits per heavy atom. The molecule has 2 nitrogen and oxygen atoms in total. The maximum atomic E-state index is 12.4. The van der Waals surface area contributed by atoms with Crippen LogP contribution in [0.15, 0.2) is 41.8 Å². The van der Waals surface area contributed by atoms with Gasteiger partial charge in [0.25, 0.3) is 0 Å². The van der Waals surface area contributed by atoms with Crippen molar-refractivity contribution in [3.05, 3.63) is 65.7 Å². The van der Waals surface area contributed by atoms with Gasteiger partial charge in [-0.15, -0.1) is 11.8 Å². The van der Waals surface area contributed by atoms with Gasteiger partial charge in [0.05, 0.1) is 7.11 Å². The van der Waals surface area contributed by atoms with Crippen molar-refractivity contribution in [2.45, 2.75) is 30.6 Å². The van der Waals surface area contributed by atoms with E-state index in [-0.39, 0.29) is 5.78 Å². The molecule has 0 spiro atoms. The number of hydrogen-bond acceptors (Lipinski definition) is 3. The van der Waals surface area contributed by atoms with Crippen molar-refractivity contribution >= 4 is 23.1 Å². The summed E-state index contributed by atoms with van der Waals surface area (Å²) in [6, 6.07) is 15.9. The second kappa shape index (κ2) is 7.59. The Bertz CT molecular complexity index is 764. The third-order valence-electron chi connectivity index (χ3n) is 4.18. The van der Waals surface area contributed by atoms with Crippen molar-refractivity contribution in [2.75, 3.05) is 12.9 Å². The molecular weight excluding hydrogens is 316 g/mol. The normalized spacial score (nSPS) is 12.9. The van der Waals surface area contributed by atoms with Crippen molar-refractivity contribution in [2.24, 2.45) is 0 Å². The summed E-state index contributed by atoms with van der Waals surface area (Å²) in [5, 5.41) is 0. The van der Waals surface area contributed by atoms with Crippen LogP contribution < -0.4 is 4.74 Å². The van der Waals surface area contributed by atoms with Crippen LogP contribution in [0.4, 0.5) is 0 Å². The van der Waals surface area contributed by atoms with E-state index in [2.05, 4.69) is 24.8 Å². The molecule has 3 rings (SSSR count). The summed E-state index contributed by atoms with van der Waals surface area (Å²) in [5.41, 5.74) is 3.85. The molecule has 24 heavy (non-hydrogen) atoms. The molecule has 3 heteroatoms. The Balaban J connectivity index is 1.63. The average molecular weight is 336 g/mol. The van der Waals surface area contributed by atoms with E-state index in [9.17, 15) is 4.79 Å². The monoisotopic (exact) mass is 336 g/mol. The van der Waals surface area contributed by atoms with E-state index in [0.29, 0.717) is 24.2 Å². The quantitative estimate of drug-likeness (QED) is 0.694. The first-order chi connectivity index (χ1) is 11.7. The maximum Gasteiger partial charge on any atom is 0.163 e. The second-order valence-electron chi connectivity index (χ2n) is 5.86. The maximum absolute atomic E-state index is 12.4. The van der Waals surface area contributed by atoms with E-state index < -0.39 is 0 Å². The smallest absolute Gasteiger partial charge is 0.163 e. The molecule has 0 fully saturated rings. The number of Topliss-reactive ketones (excluding diaryl/α,β-unsaturated/α-hetero) is 1. The van der Waals surface area contributed by atoms with Crippen LogP contribution in [0.5, 0.6) is 5.75 Å². The highest BCUT2D eigenvalue weighted by Crippen LogP contribution is 2.31. The van der Waals surface area contributed by atoms with E-state index in [0.717, 1.165) is 23.3 Å². The predicted octanol–water partition coefficient (Wildman–Crippen LogP) is 5.01. The molecule has 0 amide bonds. The van der Waals surface area contributed by atoms with Gasteiger partial charge < -0.3 is 4.74 Å². The van der Waals surface area contributed by atoms with E-state index in [1.54, 1.807) is 13.2 Å². The third kappa shape index (κ3) is 3.83. The molecule has 0 bridgehead atoms. The summed E-state index contributed by atoms with van der Waals surface area (Å²) >= 11 is 1.87. The number of methoxy groups -OCH3 is 1. The zero-order valence-electron chi connectivity index (χ0n) is 13.9. The molecule has 122 valence electrons. The molecule has 1 heterocycles. The fourth-order valence-electron chi connectivity index (χ4n) is 2.73. The molecule has 2 aromatic rings. The van der Waals surface area contributed by atoms with Crippen LogP contribution in [0, 0.1) is 12.1 Å². The van der Waals surface area contributed by atoms with Crippen LogP contribution in [0.25, 0.3) is 5.57 Å². The highest BCUT2D eigenvalue weighted by molar-refractivity contribution is 7.99. The summed E-state index contributed by atoms with van der Waals surface area (Å²) in [6.45, 7) is 4.14. The summed E-state index contributed by atoms with van der Waals surface area (Å²) in [6.07, 6.45) is 3.35. The predicted molar refractivity (Wildman–Crippen MR) is 98.8 cm³/mol. The van der Waals surface area contributed by atoms with E-state index in [4.69, 9.17) is 4.74 Å². The average Bonchev–Trinajstić information content (AvgIpc) is 2.65. The lowest BCUT2D eigenvalue weighted by Crippen LogP contribution is -2.01. The Labute approximate surface area is 147 Å². The number of rotatable bonds is 6. The van der Waals surface area contributed by atoms with E-state index >= 15 is 0 Å². The molecule has 0 N–H and O–H groups in total. The number of benzene rings is 1. The zero-order chi connectivity index (χ0) is 16.9. The van der Waals surface area contributed by atoms with Gasteiger partial charge in [-0.3, -0.25) is 4.79 Å². The molecule has 0 aromatic heterocycles. The number of carbonyl (C=O) groups excluding carboxylic acids is 1. The van der Waals surface area contributed by atoms with Crippen molar-refractivity contribution in [3.8, 4) is 5.75 Å². The number of allylic oxidation sites excluding steroid dienone is 1. The van der Waals surface area contributed by atoms with Crippen molar-refractivity contribution in [1.82, 2.24) is 0 Å². The van der Waals surface area contributed by atoms with Crippen molar-refractivity contribution < 1.29 is 9.53 Å². The van der Waals surface area contributed by atoms with Gasteiger partial charge in [0, 0.05) is 28.0 Å². The molecule has 0 unspecified atom stereocenters. The Morgan fingerprint density at radius 3 is 3.00 bits per heavy atom. The molecule has 0 saturated heterocycles. The molecule has 2 aromatic carbocycles. The van der Waals surface area contributed by atoms with Crippen LogP contribution in [-0.4, -0.2) is 18.6 Å². The minimum absolute atomic E-state index is 0.103. The first-order valence-electron chi connectivity index (χ1n) is 8.12. The Hall–Kier alpha value is -2.18. The van der Waals surface area contributed by atoms with Crippen LogP contribution in [-0.2, 0) is 6.42 Å². The summed E-state index contributed by atoms with van der Waals surface area (Å²) in [5.74, 6) is 1.96. The number of fused-ring (bicyclic) bond motifs is 1. The van der Waals surface area contributed by atoms with E-state index in [1.165, 1.54) is 16.9 Å². The fourth-order valence-corrected chi connectivity index (χ4v) is 3.77. The van der Waals surface area contributed by atoms with Gasteiger partial charge in [0.2, 0.25) is 0 Å². The number of carbonyl (C=O) groups is 1. The van der Waals surface area contributed by atoms with Crippen LogP contribution >= 0.6 is 11.8 Å². The Morgan fingerprint density at radius 2 is 2.17 bits per heavy atom. The van der Waals surface area contributed by atoms with Crippen LogP contribution in [0.3, 0.4) is 0 Å². The topological polar surface area (TPSA) is 26.3 Å². The van der Waals surface area contributed by atoms with Gasteiger partial charge >= 0.3 is 0 Å². The number of ketones is 1. The molecule has 0 aliphatic carbocycles. The number of hydrogen-bond donors (Lipinski definition) is 0. The lowest BCUT2D eigenvalue weighted by atomic mass is 9.99. The van der Waals surface area contributed by atoms with Gasteiger partial charge in [-0.1, -0.05) is 30.8 Å². The minimum atomic E-state index is 0.103. The zero-order valence-corrected chi connectivity index (χ0v) is 14.7. The summed E-state index contributed by atoms with van der Waals surface area (Å²) < 4.78 is 5.17. The fraction of sp³-hybridized carbons (Fsp3) is 0.286. The second-order valence-corrected chi connectivity index (χ2v) is 7.00. The van der Waals surface area contributed by atoms with Crippen molar-refractivity contribution in [1.29, 1.82) is 0 Å². The van der Waals surface area contributed by atoms with Crippen LogP contribution in [0.1, 0.15) is 40.7 Å². The summed E-state index contributed by atoms with van der Waals surface area (Å²) in [7, 11) is 1.60. The molecule has 0 saturated carbocycles. The highest BCUT2D eigenvalue weighted by Gasteiger charge is 2.12. The molecule has 0 atom stereocenters. The minimum Gasteiger partial charge on any atom is -0.497 e. The lowest BCUT2D eigenvalue weighted by Gasteiger charge is -2.13. The Kier molecular flexibility index (Phi) is 5.27. The van der Waals surface area contributed by atoms with Crippen LogP contribution in [0.2, 0.25) is 0 Å². The molecule has 1 aliphatic heterocycles. The molecular formula is C21H20O2S. The third-order valence-corrected chi connectivity index (χ3v) is 5.34. The first kappa shape index (κ1) is 16.7. The molecule has 1 aliphatic rings. The van der Waals surface area contributed by atoms with Gasteiger partial charge in [0.15, 0.2) is 5.78 Å². The lowest BCUT2D eigenvalue weighted by molar-refractivity contribution is 0.0984. The number of ether oxygens (including phenoxy) is 1.